The van der Waals surface area contributed by atoms with Crippen molar-refractivity contribution in [1.29, 1.82) is 0 Å². The number of hydrogen-bond acceptors (Lipinski definition) is 6. The van der Waals surface area contributed by atoms with E-state index in [1.807, 2.05) is 12.1 Å². The number of aromatic amines is 2. The van der Waals surface area contributed by atoms with E-state index in [9.17, 15) is 4.39 Å². The molecule has 0 bridgehead atoms. The minimum Gasteiger partial charge on any atom is -0.352 e. The zero-order valence-electron chi connectivity index (χ0n) is 16.5. The van der Waals surface area contributed by atoms with Gasteiger partial charge in [0.15, 0.2) is 11.6 Å². The standard InChI is InChI=1S/C21H21FN8/c1-29-6-8-30(9-7-29)21-19-17(4-5-24-21)26-20(27-19)18-15(12-25-28-18)3-2-14-10-16(22)13-23-11-14/h2-5,10-13H,6-9H2,1H3,(H,25,28)(H,26,27)/b3-2+. The summed E-state index contributed by atoms with van der Waals surface area (Å²) in [7, 11) is 2.13. The quantitative estimate of drug-likeness (QED) is 0.544. The van der Waals surface area contributed by atoms with E-state index < -0.39 is 0 Å². The van der Waals surface area contributed by atoms with Crippen LogP contribution in [0.5, 0.6) is 0 Å². The molecule has 5 rings (SSSR count). The zero-order chi connectivity index (χ0) is 20.5. The van der Waals surface area contributed by atoms with Crippen LogP contribution in [0.1, 0.15) is 11.1 Å². The third kappa shape index (κ3) is 3.55. The number of piperazine rings is 1. The summed E-state index contributed by atoms with van der Waals surface area (Å²) in [5, 5.41) is 7.25. The van der Waals surface area contributed by atoms with E-state index in [4.69, 9.17) is 4.98 Å². The van der Waals surface area contributed by atoms with Gasteiger partial charge in [-0.25, -0.2) is 14.4 Å². The van der Waals surface area contributed by atoms with Crippen LogP contribution >= 0.6 is 0 Å². The summed E-state index contributed by atoms with van der Waals surface area (Å²) in [5.74, 6) is 1.18. The molecule has 8 nitrogen and oxygen atoms in total. The van der Waals surface area contributed by atoms with Crippen LogP contribution in [0.15, 0.2) is 36.9 Å². The van der Waals surface area contributed by atoms with Crippen LogP contribution in [0.3, 0.4) is 0 Å². The second-order valence-electron chi connectivity index (χ2n) is 7.37. The lowest BCUT2D eigenvalue weighted by atomic mass is 10.2. The summed E-state index contributed by atoms with van der Waals surface area (Å²) in [6.45, 7) is 3.84. The van der Waals surface area contributed by atoms with Gasteiger partial charge in [-0.3, -0.25) is 10.1 Å². The van der Waals surface area contributed by atoms with Crippen LogP contribution in [-0.4, -0.2) is 68.3 Å². The van der Waals surface area contributed by atoms with Crippen molar-refractivity contribution in [2.24, 2.45) is 0 Å². The number of anilines is 1. The molecule has 30 heavy (non-hydrogen) atoms. The second kappa shape index (κ2) is 7.68. The summed E-state index contributed by atoms with van der Waals surface area (Å²) in [6.07, 6.45) is 10.0. The van der Waals surface area contributed by atoms with E-state index in [1.165, 1.54) is 12.3 Å². The lowest BCUT2D eigenvalue weighted by Crippen LogP contribution is -2.44. The first-order chi connectivity index (χ1) is 14.7. The van der Waals surface area contributed by atoms with Crippen molar-refractivity contribution in [3.05, 3.63) is 53.9 Å². The van der Waals surface area contributed by atoms with Gasteiger partial charge in [0.1, 0.15) is 17.0 Å². The first-order valence-electron chi connectivity index (χ1n) is 9.78. The van der Waals surface area contributed by atoms with Crippen LogP contribution in [0.4, 0.5) is 10.2 Å². The molecule has 1 aliphatic heterocycles. The molecule has 1 aliphatic rings. The number of imidazole rings is 1. The number of nitrogens with zero attached hydrogens (tertiary/aromatic N) is 6. The number of halogens is 1. The van der Waals surface area contributed by atoms with Crippen molar-refractivity contribution in [1.82, 2.24) is 35.0 Å². The fraction of sp³-hybridized carbons (Fsp3) is 0.238. The van der Waals surface area contributed by atoms with Crippen molar-refractivity contribution in [3.63, 3.8) is 0 Å². The molecule has 2 N–H and O–H groups in total. The number of likely N-dealkylation sites (N-methyl/N-ethyl adjacent to an activating group) is 1. The molecule has 0 saturated carbocycles. The normalized spacial score (nSPS) is 15.5. The molecule has 0 spiro atoms. The molecule has 4 aromatic rings. The Bertz CT molecular complexity index is 1200. The third-order valence-electron chi connectivity index (χ3n) is 5.26. The summed E-state index contributed by atoms with van der Waals surface area (Å²) < 4.78 is 13.4. The van der Waals surface area contributed by atoms with Crippen molar-refractivity contribution in [3.8, 4) is 11.5 Å². The fourth-order valence-corrected chi connectivity index (χ4v) is 3.60. The maximum Gasteiger partial charge on any atom is 0.159 e. The molecule has 152 valence electrons. The summed E-state index contributed by atoms with van der Waals surface area (Å²) in [4.78, 5) is 21.2. The highest BCUT2D eigenvalue weighted by molar-refractivity contribution is 5.89. The highest BCUT2D eigenvalue weighted by Gasteiger charge is 2.20. The molecule has 0 amide bonds. The van der Waals surface area contributed by atoms with Gasteiger partial charge in [-0.1, -0.05) is 12.2 Å². The van der Waals surface area contributed by atoms with Gasteiger partial charge >= 0.3 is 0 Å². The Morgan fingerprint density at radius 3 is 2.83 bits per heavy atom. The first kappa shape index (κ1) is 18.4. The predicted molar refractivity (Wildman–Crippen MR) is 114 cm³/mol. The van der Waals surface area contributed by atoms with Gasteiger partial charge in [0.25, 0.3) is 0 Å². The van der Waals surface area contributed by atoms with Gasteiger partial charge in [0, 0.05) is 50.3 Å². The Kier molecular flexibility index (Phi) is 4.72. The SMILES string of the molecule is CN1CCN(c2nccc3[nH]c(-c4n[nH]cc4/C=C/c4cncc(F)c4)nc23)CC1. The number of aromatic nitrogens is 6. The molecular formula is C21H21FN8. The van der Waals surface area contributed by atoms with Gasteiger partial charge in [0.2, 0.25) is 0 Å². The number of hydrogen-bond donors (Lipinski definition) is 2. The van der Waals surface area contributed by atoms with Gasteiger partial charge in [-0.05, 0) is 24.7 Å². The van der Waals surface area contributed by atoms with Gasteiger partial charge in [-0.2, -0.15) is 5.10 Å². The van der Waals surface area contributed by atoms with Crippen molar-refractivity contribution >= 4 is 29.0 Å². The molecule has 1 fully saturated rings. The van der Waals surface area contributed by atoms with E-state index in [1.54, 1.807) is 24.7 Å². The lowest BCUT2D eigenvalue weighted by Gasteiger charge is -2.33. The Morgan fingerprint density at radius 1 is 1.13 bits per heavy atom. The monoisotopic (exact) mass is 404 g/mol. The minimum absolute atomic E-state index is 0.370. The number of H-pyrrole nitrogens is 2. The average molecular weight is 404 g/mol. The molecule has 5 heterocycles. The topological polar surface area (TPSA) is 89.6 Å². The Labute approximate surface area is 172 Å². The largest absolute Gasteiger partial charge is 0.352 e. The first-order valence-corrected chi connectivity index (χ1v) is 9.78. The van der Waals surface area contributed by atoms with E-state index in [0.717, 1.165) is 48.6 Å². The maximum absolute atomic E-state index is 13.4. The Balaban J connectivity index is 1.48. The van der Waals surface area contributed by atoms with Crippen LogP contribution in [0, 0.1) is 5.82 Å². The van der Waals surface area contributed by atoms with Gasteiger partial charge in [-0.15, -0.1) is 0 Å². The Morgan fingerprint density at radius 2 is 2.00 bits per heavy atom. The Hall–Kier alpha value is -3.59. The average Bonchev–Trinajstić information content (AvgIpc) is 3.39. The number of fused-ring (bicyclic) bond motifs is 1. The highest BCUT2D eigenvalue weighted by Crippen LogP contribution is 2.28. The molecule has 0 aromatic carbocycles. The third-order valence-corrected chi connectivity index (χ3v) is 5.26. The van der Waals surface area contributed by atoms with E-state index in [-0.39, 0.29) is 5.82 Å². The summed E-state index contributed by atoms with van der Waals surface area (Å²) >= 11 is 0. The molecule has 0 atom stereocenters. The van der Waals surface area contributed by atoms with Crippen molar-refractivity contribution in [2.75, 3.05) is 38.1 Å². The fourth-order valence-electron chi connectivity index (χ4n) is 3.60. The number of rotatable bonds is 4. The van der Waals surface area contributed by atoms with E-state index in [2.05, 4.69) is 42.0 Å². The molecule has 9 heteroatoms. The summed E-state index contributed by atoms with van der Waals surface area (Å²) in [6, 6.07) is 3.35. The van der Waals surface area contributed by atoms with Crippen LogP contribution < -0.4 is 4.90 Å². The molecule has 1 saturated heterocycles. The smallest absolute Gasteiger partial charge is 0.159 e. The second-order valence-corrected chi connectivity index (χ2v) is 7.37. The van der Waals surface area contributed by atoms with Crippen molar-refractivity contribution in [2.45, 2.75) is 0 Å². The number of pyridine rings is 2. The lowest BCUT2D eigenvalue weighted by molar-refractivity contribution is 0.312. The molecular weight excluding hydrogens is 383 g/mol. The minimum atomic E-state index is -0.370. The molecule has 0 unspecified atom stereocenters. The van der Waals surface area contributed by atoms with E-state index in [0.29, 0.717) is 17.1 Å². The highest BCUT2D eigenvalue weighted by atomic mass is 19.1. The van der Waals surface area contributed by atoms with Crippen LogP contribution in [0.2, 0.25) is 0 Å². The van der Waals surface area contributed by atoms with Crippen LogP contribution in [-0.2, 0) is 0 Å². The molecule has 4 aromatic heterocycles. The number of nitrogens with one attached hydrogen (secondary N) is 2. The summed E-state index contributed by atoms with van der Waals surface area (Å²) in [5.41, 5.74) is 3.96. The zero-order valence-corrected chi connectivity index (χ0v) is 16.5. The maximum atomic E-state index is 13.4. The molecule has 0 radical (unpaired) electrons. The molecule has 0 aliphatic carbocycles. The van der Waals surface area contributed by atoms with Crippen LogP contribution in [0.25, 0.3) is 34.7 Å². The predicted octanol–water partition coefficient (Wildman–Crippen LogP) is 2.80. The van der Waals surface area contributed by atoms with E-state index >= 15 is 0 Å². The van der Waals surface area contributed by atoms with Gasteiger partial charge in [0.05, 0.1) is 11.7 Å². The van der Waals surface area contributed by atoms with Crippen molar-refractivity contribution < 1.29 is 4.39 Å². The van der Waals surface area contributed by atoms with Gasteiger partial charge < -0.3 is 14.8 Å².